The molecule has 0 spiro atoms. The van der Waals surface area contributed by atoms with Gasteiger partial charge in [0.1, 0.15) is 5.75 Å². The van der Waals surface area contributed by atoms with E-state index in [0.717, 1.165) is 0 Å². The maximum atomic E-state index is 12.4. The highest BCUT2D eigenvalue weighted by atomic mass is 32.2. The molecular weight excluding hydrogens is 302 g/mol. The van der Waals surface area contributed by atoms with Gasteiger partial charge >= 0.3 is 0 Å². The van der Waals surface area contributed by atoms with Gasteiger partial charge in [0.15, 0.2) is 9.84 Å². The van der Waals surface area contributed by atoms with E-state index in [1.165, 1.54) is 18.2 Å². The molecule has 0 saturated heterocycles. The van der Waals surface area contributed by atoms with Crippen LogP contribution >= 0.6 is 0 Å². The summed E-state index contributed by atoms with van der Waals surface area (Å²) in [6.07, 6.45) is 0. The number of nitrogens with two attached hydrogens (primary N) is 1. The maximum absolute atomic E-state index is 12.4. The zero-order valence-electron chi connectivity index (χ0n) is 12.2. The van der Waals surface area contributed by atoms with Crippen molar-refractivity contribution in [2.75, 3.05) is 6.61 Å². The van der Waals surface area contributed by atoms with Gasteiger partial charge in [0.25, 0.3) is 0 Å². The fourth-order valence-corrected chi connectivity index (χ4v) is 3.36. The van der Waals surface area contributed by atoms with Crippen LogP contribution in [-0.4, -0.2) is 20.9 Å². The van der Waals surface area contributed by atoms with Crippen molar-refractivity contribution in [3.8, 4) is 5.75 Å². The monoisotopic (exact) mass is 319 g/mol. The fraction of sp³-hybridized carbons (Fsp3) is 0.188. The van der Waals surface area contributed by atoms with Crippen LogP contribution in [0.25, 0.3) is 0 Å². The van der Waals surface area contributed by atoms with Crippen LogP contribution in [0.4, 0.5) is 0 Å². The molecule has 0 bridgehead atoms. The predicted molar refractivity (Wildman–Crippen MR) is 83.5 cm³/mol. The summed E-state index contributed by atoms with van der Waals surface area (Å²) in [4.78, 5) is 11.4. The molecule has 2 rings (SSSR count). The number of hydrogen-bond acceptors (Lipinski definition) is 4. The van der Waals surface area contributed by atoms with Crippen molar-refractivity contribution in [3.63, 3.8) is 0 Å². The molecule has 0 fully saturated rings. The zero-order valence-corrected chi connectivity index (χ0v) is 13.0. The maximum Gasteiger partial charge on any atom is 0.248 e. The van der Waals surface area contributed by atoms with Crippen molar-refractivity contribution in [2.24, 2.45) is 5.73 Å². The highest BCUT2D eigenvalue weighted by molar-refractivity contribution is 7.90. The number of benzene rings is 2. The standard InChI is InChI=1S/C16H17NO4S/c1-2-21-14-6-8-15(9-7-14)22(19,20)11-12-4-3-5-13(10-12)16(17)18/h3-10H,2,11H2,1H3,(H2,17,18). The Morgan fingerprint density at radius 3 is 2.41 bits per heavy atom. The Morgan fingerprint density at radius 1 is 1.14 bits per heavy atom. The molecule has 2 aromatic rings. The van der Waals surface area contributed by atoms with Gasteiger partial charge in [-0.05, 0) is 48.9 Å². The van der Waals surface area contributed by atoms with Gasteiger partial charge in [-0.3, -0.25) is 4.79 Å². The Hall–Kier alpha value is -2.34. The number of amides is 1. The molecule has 0 atom stereocenters. The second-order valence-corrected chi connectivity index (χ2v) is 6.72. The summed E-state index contributed by atoms with van der Waals surface area (Å²) >= 11 is 0. The van der Waals surface area contributed by atoms with E-state index < -0.39 is 15.7 Å². The van der Waals surface area contributed by atoms with E-state index in [0.29, 0.717) is 23.5 Å². The molecule has 2 N–H and O–H groups in total. The van der Waals surface area contributed by atoms with Crippen LogP contribution < -0.4 is 10.5 Å². The molecule has 0 saturated carbocycles. The van der Waals surface area contributed by atoms with Gasteiger partial charge in [0, 0.05) is 5.56 Å². The van der Waals surface area contributed by atoms with Crippen LogP contribution in [0.15, 0.2) is 53.4 Å². The molecule has 1 amide bonds. The lowest BCUT2D eigenvalue weighted by molar-refractivity contribution is 0.1000. The summed E-state index contributed by atoms with van der Waals surface area (Å²) in [5, 5.41) is 0. The minimum absolute atomic E-state index is 0.192. The Bertz CT molecular complexity index is 767. The van der Waals surface area contributed by atoms with Crippen LogP contribution in [0, 0.1) is 0 Å². The number of carbonyl (C=O) groups is 1. The van der Waals surface area contributed by atoms with E-state index in [1.54, 1.807) is 30.3 Å². The highest BCUT2D eigenvalue weighted by Gasteiger charge is 2.16. The lowest BCUT2D eigenvalue weighted by Gasteiger charge is -2.07. The minimum atomic E-state index is -3.50. The topological polar surface area (TPSA) is 86.5 Å². The Balaban J connectivity index is 2.23. The summed E-state index contributed by atoms with van der Waals surface area (Å²) in [6.45, 7) is 2.38. The highest BCUT2D eigenvalue weighted by Crippen LogP contribution is 2.20. The molecule has 6 heteroatoms. The van der Waals surface area contributed by atoms with Crippen molar-refractivity contribution in [1.82, 2.24) is 0 Å². The summed E-state index contributed by atoms with van der Waals surface area (Å²) in [6, 6.07) is 12.6. The van der Waals surface area contributed by atoms with Gasteiger partial charge < -0.3 is 10.5 Å². The largest absolute Gasteiger partial charge is 0.494 e. The lowest BCUT2D eigenvalue weighted by Crippen LogP contribution is -2.12. The van der Waals surface area contributed by atoms with Crippen LogP contribution in [0.5, 0.6) is 5.75 Å². The van der Waals surface area contributed by atoms with Crippen molar-refractivity contribution in [1.29, 1.82) is 0 Å². The third-order valence-electron chi connectivity index (χ3n) is 3.06. The third kappa shape index (κ3) is 3.85. The number of primary amides is 1. The van der Waals surface area contributed by atoms with Gasteiger partial charge in [-0.25, -0.2) is 8.42 Å². The van der Waals surface area contributed by atoms with Crippen LogP contribution in [0.1, 0.15) is 22.8 Å². The fourth-order valence-electron chi connectivity index (χ4n) is 2.03. The predicted octanol–water partition coefficient (Wildman–Crippen LogP) is 2.16. The van der Waals surface area contributed by atoms with E-state index in [-0.39, 0.29) is 10.6 Å². The molecule has 5 nitrogen and oxygen atoms in total. The molecule has 0 aliphatic carbocycles. The second kappa shape index (κ2) is 6.62. The summed E-state index contributed by atoms with van der Waals surface area (Å²) in [5.74, 6) is -0.153. The number of carbonyl (C=O) groups excluding carboxylic acids is 1. The smallest absolute Gasteiger partial charge is 0.248 e. The van der Waals surface area contributed by atoms with Gasteiger partial charge in [0.2, 0.25) is 5.91 Å². The van der Waals surface area contributed by atoms with Crippen molar-refractivity contribution >= 4 is 15.7 Å². The lowest BCUT2D eigenvalue weighted by atomic mass is 10.1. The van der Waals surface area contributed by atoms with Crippen molar-refractivity contribution in [3.05, 3.63) is 59.7 Å². The van der Waals surface area contributed by atoms with E-state index >= 15 is 0 Å². The number of rotatable bonds is 6. The minimum Gasteiger partial charge on any atom is -0.494 e. The molecule has 22 heavy (non-hydrogen) atoms. The Labute approximate surface area is 129 Å². The van der Waals surface area contributed by atoms with E-state index in [1.807, 2.05) is 6.92 Å². The SMILES string of the molecule is CCOc1ccc(S(=O)(=O)Cc2cccc(C(N)=O)c2)cc1. The molecule has 0 aliphatic rings. The van der Waals surface area contributed by atoms with E-state index in [4.69, 9.17) is 10.5 Å². The number of hydrogen-bond donors (Lipinski definition) is 1. The van der Waals surface area contributed by atoms with Gasteiger partial charge in [-0.1, -0.05) is 12.1 Å². The number of sulfone groups is 1. The van der Waals surface area contributed by atoms with Crippen LogP contribution in [0.3, 0.4) is 0 Å². The summed E-state index contributed by atoms with van der Waals surface area (Å²) in [5.41, 5.74) is 6.01. The quantitative estimate of drug-likeness (QED) is 0.884. The van der Waals surface area contributed by atoms with E-state index in [2.05, 4.69) is 0 Å². The van der Waals surface area contributed by atoms with Gasteiger partial charge in [-0.2, -0.15) is 0 Å². The first-order valence-electron chi connectivity index (χ1n) is 6.77. The average Bonchev–Trinajstić information content (AvgIpc) is 2.48. The third-order valence-corrected chi connectivity index (χ3v) is 4.77. The molecule has 0 aromatic heterocycles. The summed E-state index contributed by atoms with van der Waals surface area (Å²) in [7, 11) is -3.50. The second-order valence-electron chi connectivity index (χ2n) is 4.73. The first-order valence-corrected chi connectivity index (χ1v) is 8.42. The van der Waals surface area contributed by atoms with Crippen LogP contribution in [-0.2, 0) is 15.6 Å². The Morgan fingerprint density at radius 2 is 1.82 bits per heavy atom. The van der Waals surface area contributed by atoms with Gasteiger partial charge in [0.05, 0.1) is 17.3 Å². The Kier molecular flexibility index (Phi) is 4.82. The molecule has 0 aliphatic heterocycles. The van der Waals surface area contributed by atoms with Crippen LogP contribution in [0.2, 0.25) is 0 Å². The normalized spacial score (nSPS) is 11.1. The van der Waals surface area contributed by atoms with Crippen molar-refractivity contribution < 1.29 is 17.9 Å². The summed E-state index contributed by atoms with van der Waals surface area (Å²) < 4.78 is 30.1. The average molecular weight is 319 g/mol. The van der Waals surface area contributed by atoms with E-state index in [9.17, 15) is 13.2 Å². The molecular formula is C16H17NO4S. The van der Waals surface area contributed by atoms with Gasteiger partial charge in [-0.15, -0.1) is 0 Å². The molecule has 0 unspecified atom stereocenters. The first-order chi connectivity index (χ1) is 10.4. The van der Waals surface area contributed by atoms with Crippen molar-refractivity contribution in [2.45, 2.75) is 17.6 Å². The molecule has 116 valence electrons. The molecule has 0 heterocycles. The first kappa shape index (κ1) is 16.0. The zero-order chi connectivity index (χ0) is 16.2. The number of ether oxygens (including phenoxy) is 1. The molecule has 2 aromatic carbocycles. The molecule has 0 radical (unpaired) electrons.